The van der Waals surface area contributed by atoms with E-state index < -0.39 is 0 Å². The molecule has 0 unspecified atom stereocenters. The first-order valence-corrected chi connectivity index (χ1v) is 6.19. The summed E-state index contributed by atoms with van der Waals surface area (Å²) in [5, 5.41) is -0.0330. The molecule has 0 N–H and O–H groups in total. The van der Waals surface area contributed by atoms with Crippen LogP contribution in [0.15, 0.2) is 35.1 Å². The molecule has 0 aliphatic heterocycles. The normalized spacial score (nSPS) is 10.2. The monoisotopic (exact) mass is 267 g/mol. The molecule has 0 saturated heterocycles. The van der Waals surface area contributed by atoms with E-state index in [1.807, 2.05) is 42.2 Å². The number of anilines is 2. The number of para-hydroxylation sites is 1. The second-order valence-corrected chi connectivity index (χ2v) is 4.17. The lowest BCUT2D eigenvalue weighted by Crippen LogP contribution is -2.24. The molecule has 0 atom stereocenters. The Balaban J connectivity index is 2.50. The SMILES string of the molecule is CCN(c1ccccc1)c1nsnc(Cl)c1=O. The van der Waals surface area contributed by atoms with Gasteiger partial charge in [0.15, 0.2) is 11.0 Å². The van der Waals surface area contributed by atoms with Gasteiger partial charge in [0.25, 0.3) is 5.43 Å². The van der Waals surface area contributed by atoms with Crippen LogP contribution in [0.3, 0.4) is 0 Å². The van der Waals surface area contributed by atoms with E-state index in [4.69, 9.17) is 11.6 Å². The summed E-state index contributed by atoms with van der Waals surface area (Å²) >= 11 is 6.66. The van der Waals surface area contributed by atoms with Crippen molar-refractivity contribution in [1.82, 2.24) is 8.75 Å². The van der Waals surface area contributed by atoms with Crippen LogP contribution in [-0.2, 0) is 0 Å². The summed E-state index contributed by atoms with van der Waals surface area (Å²) < 4.78 is 7.75. The van der Waals surface area contributed by atoms with Gasteiger partial charge in [-0.05, 0) is 19.1 Å². The van der Waals surface area contributed by atoms with Crippen LogP contribution >= 0.6 is 23.3 Å². The molecule has 0 fully saturated rings. The first-order chi connectivity index (χ1) is 8.24. The quantitative estimate of drug-likeness (QED) is 0.858. The standard InChI is InChI=1S/C11H10ClN3OS/c1-2-15(8-6-4-3-5-7-8)11-9(16)10(12)13-17-14-11/h3-7H,2H2,1H3. The zero-order chi connectivity index (χ0) is 12.3. The lowest BCUT2D eigenvalue weighted by atomic mass is 10.3. The number of benzene rings is 1. The van der Waals surface area contributed by atoms with Gasteiger partial charge in [-0.1, -0.05) is 29.8 Å². The number of hydrogen-bond donors (Lipinski definition) is 0. The Morgan fingerprint density at radius 2 is 2.00 bits per heavy atom. The van der Waals surface area contributed by atoms with Crippen LogP contribution in [0.5, 0.6) is 0 Å². The highest BCUT2D eigenvalue weighted by Gasteiger charge is 2.14. The predicted octanol–water partition coefficient (Wildman–Crippen LogP) is 2.71. The Hall–Kier alpha value is -1.46. The zero-order valence-corrected chi connectivity index (χ0v) is 10.7. The summed E-state index contributed by atoms with van der Waals surface area (Å²) in [6, 6.07) is 9.58. The topological polar surface area (TPSA) is 46.1 Å². The largest absolute Gasteiger partial charge is 0.322 e. The first kappa shape index (κ1) is 12.0. The molecule has 0 radical (unpaired) electrons. The molecular weight excluding hydrogens is 258 g/mol. The van der Waals surface area contributed by atoms with Gasteiger partial charge in [-0.15, -0.1) is 0 Å². The van der Waals surface area contributed by atoms with Gasteiger partial charge in [0.05, 0.1) is 11.7 Å². The van der Waals surface area contributed by atoms with Crippen LogP contribution in [-0.4, -0.2) is 15.3 Å². The lowest BCUT2D eigenvalue weighted by molar-refractivity contribution is 0.992. The number of nitrogens with zero attached hydrogens (tertiary/aromatic N) is 3. The highest BCUT2D eigenvalue weighted by Crippen LogP contribution is 2.20. The van der Waals surface area contributed by atoms with Crippen LogP contribution < -0.4 is 10.3 Å². The van der Waals surface area contributed by atoms with Crippen molar-refractivity contribution in [3.05, 3.63) is 45.7 Å². The highest BCUT2D eigenvalue weighted by molar-refractivity contribution is 6.99. The number of rotatable bonds is 3. The first-order valence-electron chi connectivity index (χ1n) is 5.09. The van der Waals surface area contributed by atoms with Gasteiger partial charge in [-0.2, -0.15) is 8.75 Å². The van der Waals surface area contributed by atoms with E-state index in [0.29, 0.717) is 12.4 Å². The summed E-state index contributed by atoms with van der Waals surface area (Å²) in [6.45, 7) is 2.59. The lowest BCUT2D eigenvalue weighted by Gasteiger charge is -2.20. The molecule has 0 bridgehead atoms. The predicted molar refractivity (Wildman–Crippen MR) is 70.3 cm³/mol. The van der Waals surface area contributed by atoms with Crippen molar-refractivity contribution in [3.63, 3.8) is 0 Å². The van der Waals surface area contributed by atoms with Gasteiger partial charge < -0.3 is 4.90 Å². The van der Waals surface area contributed by atoms with E-state index in [1.165, 1.54) is 0 Å². The van der Waals surface area contributed by atoms with Gasteiger partial charge in [-0.3, -0.25) is 4.79 Å². The molecule has 1 heterocycles. The van der Waals surface area contributed by atoms with Gasteiger partial charge in [0, 0.05) is 12.2 Å². The Bertz CT molecular complexity index is 558. The van der Waals surface area contributed by atoms with Crippen LogP contribution in [0.2, 0.25) is 5.15 Å². The molecule has 1 aromatic carbocycles. The van der Waals surface area contributed by atoms with E-state index >= 15 is 0 Å². The number of hydrogen-bond acceptors (Lipinski definition) is 5. The van der Waals surface area contributed by atoms with Gasteiger partial charge in [-0.25, -0.2) is 0 Å². The summed E-state index contributed by atoms with van der Waals surface area (Å²) in [6.07, 6.45) is 0. The van der Waals surface area contributed by atoms with Crippen molar-refractivity contribution >= 4 is 34.8 Å². The van der Waals surface area contributed by atoms with Crippen LogP contribution in [0.25, 0.3) is 0 Å². The van der Waals surface area contributed by atoms with Gasteiger partial charge in [0.2, 0.25) is 0 Å². The van der Waals surface area contributed by atoms with E-state index in [2.05, 4.69) is 8.75 Å². The molecule has 0 saturated carbocycles. The zero-order valence-electron chi connectivity index (χ0n) is 9.13. The van der Waals surface area contributed by atoms with Crippen molar-refractivity contribution in [1.29, 1.82) is 0 Å². The van der Waals surface area contributed by atoms with Crippen molar-refractivity contribution in [2.45, 2.75) is 6.92 Å². The molecule has 6 heteroatoms. The Kier molecular flexibility index (Phi) is 3.71. The smallest absolute Gasteiger partial charge is 0.260 e. The molecule has 0 spiro atoms. The molecule has 4 nitrogen and oxygen atoms in total. The molecule has 88 valence electrons. The maximum atomic E-state index is 11.9. The Morgan fingerprint density at radius 3 is 2.65 bits per heavy atom. The third kappa shape index (κ3) is 2.45. The highest BCUT2D eigenvalue weighted by atomic mass is 35.5. The van der Waals surface area contributed by atoms with Crippen molar-refractivity contribution in [3.8, 4) is 0 Å². The van der Waals surface area contributed by atoms with Crippen LogP contribution in [0.4, 0.5) is 11.5 Å². The van der Waals surface area contributed by atoms with E-state index in [1.54, 1.807) is 0 Å². The van der Waals surface area contributed by atoms with E-state index in [-0.39, 0.29) is 10.6 Å². The average molecular weight is 268 g/mol. The van der Waals surface area contributed by atoms with Crippen LogP contribution in [0, 0.1) is 0 Å². The van der Waals surface area contributed by atoms with Gasteiger partial charge >= 0.3 is 0 Å². The molecule has 17 heavy (non-hydrogen) atoms. The van der Waals surface area contributed by atoms with E-state index in [0.717, 1.165) is 17.4 Å². The number of aromatic nitrogens is 2. The molecule has 2 rings (SSSR count). The minimum Gasteiger partial charge on any atom is -0.322 e. The summed E-state index contributed by atoms with van der Waals surface area (Å²) in [4.78, 5) is 13.7. The fraction of sp³-hybridized carbons (Fsp3) is 0.182. The third-order valence-corrected chi connectivity index (χ3v) is 3.15. The Labute approximate surface area is 108 Å². The van der Waals surface area contributed by atoms with E-state index in [9.17, 15) is 4.79 Å². The van der Waals surface area contributed by atoms with Crippen molar-refractivity contribution < 1.29 is 0 Å². The maximum absolute atomic E-state index is 11.9. The number of halogens is 1. The molecule has 0 amide bonds. The fourth-order valence-corrected chi connectivity index (χ4v) is 2.14. The van der Waals surface area contributed by atoms with Crippen molar-refractivity contribution in [2.24, 2.45) is 0 Å². The minimum atomic E-state index is -0.337. The van der Waals surface area contributed by atoms with Gasteiger partial charge in [0.1, 0.15) is 0 Å². The van der Waals surface area contributed by atoms with Crippen molar-refractivity contribution in [2.75, 3.05) is 11.4 Å². The summed E-state index contributed by atoms with van der Waals surface area (Å²) in [5.41, 5.74) is 0.574. The fourth-order valence-electron chi connectivity index (χ4n) is 1.50. The average Bonchev–Trinajstić information content (AvgIpc) is 2.37. The summed E-state index contributed by atoms with van der Waals surface area (Å²) in [7, 11) is 0. The molecule has 0 aliphatic rings. The maximum Gasteiger partial charge on any atom is 0.260 e. The minimum absolute atomic E-state index is 0.0330. The third-order valence-electron chi connectivity index (χ3n) is 2.28. The second kappa shape index (κ2) is 5.25. The summed E-state index contributed by atoms with van der Waals surface area (Å²) in [5.74, 6) is 0.323. The molecular formula is C11H10ClN3OS. The van der Waals surface area contributed by atoms with Crippen LogP contribution in [0.1, 0.15) is 6.92 Å². The molecule has 1 aromatic heterocycles. The second-order valence-electron chi connectivity index (χ2n) is 3.29. The molecule has 2 aromatic rings. The molecule has 0 aliphatic carbocycles. The Morgan fingerprint density at radius 1 is 1.29 bits per heavy atom.